The monoisotopic (exact) mass is 526 g/mol. The zero-order valence-corrected chi connectivity index (χ0v) is 21.4. The van der Waals surface area contributed by atoms with E-state index >= 15 is 0 Å². The Hall–Kier alpha value is -3.69. The topological polar surface area (TPSA) is 106 Å². The molecule has 0 aliphatic carbocycles. The van der Waals surface area contributed by atoms with Gasteiger partial charge in [0, 0.05) is 10.6 Å². The first-order chi connectivity index (χ1) is 17.3. The van der Waals surface area contributed by atoms with Crippen LogP contribution >= 0.6 is 22.9 Å². The van der Waals surface area contributed by atoms with E-state index in [0.29, 0.717) is 34.2 Å². The SMILES string of the molecule is CCCOc1cccc(C2/C(=C(\O)c3ccc(Cl)cc3)C(=O)C(=O)N2c2nc(C)c(C(=O)OC)s2)c1. The molecule has 10 heteroatoms. The number of aromatic nitrogens is 1. The molecule has 0 bridgehead atoms. The number of carbonyl (C=O) groups excluding carboxylic acids is 3. The van der Waals surface area contributed by atoms with Gasteiger partial charge in [0.1, 0.15) is 16.4 Å². The van der Waals surface area contributed by atoms with E-state index in [0.717, 1.165) is 17.8 Å². The molecule has 4 rings (SSSR count). The number of anilines is 1. The molecular weight excluding hydrogens is 504 g/mol. The standard InChI is InChI=1S/C26H23ClN2O6S/c1-4-12-35-18-7-5-6-16(13-18)20-19(21(30)15-8-10-17(27)11-9-15)22(31)24(32)29(20)26-28-14(2)23(36-26)25(33)34-3/h5-11,13,20,30H,4,12H2,1-3H3/b21-19+. The van der Waals surface area contributed by atoms with Crippen molar-refractivity contribution in [3.8, 4) is 5.75 Å². The first-order valence-corrected chi connectivity index (χ1v) is 12.3. The van der Waals surface area contributed by atoms with E-state index in [1.807, 2.05) is 6.92 Å². The van der Waals surface area contributed by atoms with Crippen LogP contribution in [0.4, 0.5) is 5.13 Å². The normalized spacial score (nSPS) is 16.9. The number of aliphatic hydroxyl groups is 1. The molecule has 0 radical (unpaired) electrons. The third kappa shape index (κ3) is 4.72. The average molecular weight is 527 g/mol. The van der Waals surface area contributed by atoms with Gasteiger partial charge in [-0.2, -0.15) is 0 Å². The molecule has 2 heterocycles. The second kappa shape index (κ2) is 10.5. The maximum atomic E-state index is 13.3. The number of ether oxygens (including phenoxy) is 2. The van der Waals surface area contributed by atoms with Crippen molar-refractivity contribution in [1.82, 2.24) is 4.98 Å². The Morgan fingerprint density at radius 3 is 2.58 bits per heavy atom. The van der Waals surface area contributed by atoms with Crippen LogP contribution in [0.25, 0.3) is 5.76 Å². The zero-order valence-electron chi connectivity index (χ0n) is 19.8. The number of carbonyl (C=O) groups is 3. The van der Waals surface area contributed by atoms with Crippen molar-refractivity contribution in [1.29, 1.82) is 0 Å². The van der Waals surface area contributed by atoms with Gasteiger partial charge in [0.15, 0.2) is 5.13 Å². The highest BCUT2D eigenvalue weighted by Crippen LogP contribution is 2.44. The Morgan fingerprint density at radius 2 is 1.92 bits per heavy atom. The van der Waals surface area contributed by atoms with E-state index in [9.17, 15) is 19.5 Å². The summed E-state index contributed by atoms with van der Waals surface area (Å²) in [5.41, 5.74) is 1.11. The van der Waals surface area contributed by atoms with Crippen LogP contribution in [0.15, 0.2) is 54.1 Å². The van der Waals surface area contributed by atoms with E-state index in [4.69, 9.17) is 21.1 Å². The van der Waals surface area contributed by atoms with Crippen molar-refractivity contribution in [2.45, 2.75) is 26.3 Å². The average Bonchev–Trinajstić information content (AvgIpc) is 3.39. The number of aryl methyl sites for hydroxylation is 1. The number of hydrogen-bond acceptors (Lipinski definition) is 8. The fraction of sp³-hybridized carbons (Fsp3) is 0.231. The zero-order chi connectivity index (χ0) is 26.0. The molecule has 8 nitrogen and oxygen atoms in total. The van der Waals surface area contributed by atoms with Gasteiger partial charge in [0.2, 0.25) is 0 Å². The summed E-state index contributed by atoms with van der Waals surface area (Å²) in [4.78, 5) is 44.6. The summed E-state index contributed by atoms with van der Waals surface area (Å²) in [6.45, 7) is 4.09. The lowest BCUT2D eigenvalue weighted by Crippen LogP contribution is -2.29. The van der Waals surface area contributed by atoms with Crippen LogP contribution in [0.2, 0.25) is 5.02 Å². The molecule has 0 spiro atoms. The van der Waals surface area contributed by atoms with Crippen molar-refractivity contribution in [2.24, 2.45) is 0 Å². The second-order valence-corrected chi connectivity index (χ2v) is 9.41. The van der Waals surface area contributed by atoms with Crippen molar-refractivity contribution in [3.05, 3.63) is 80.8 Å². The second-order valence-electron chi connectivity index (χ2n) is 8.00. The molecule has 1 atom stereocenters. The number of Topliss-reactive ketones (excluding diaryl/α,β-unsaturated/α-hetero) is 1. The van der Waals surface area contributed by atoms with Crippen molar-refractivity contribution < 1.29 is 29.0 Å². The molecule has 1 fully saturated rings. The van der Waals surface area contributed by atoms with Gasteiger partial charge < -0.3 is 14.6 Å². The molecule has 0 saturated carbocycles. The smallest absolute Gasteiger partial charge is 0.350 e. The van der Waals surface area contributed by atoms with Crippen LogP contribution in [0.3, 0.4) is 0 Å². The van der Waals surface area contributed by atoms with Crippen LogP contribution in [0.1, 0.15) is 45.9 Å². The van der Waals surface area contributed by atoms with Crippen molar-refractivity contribution in [2.75, 3.05) is 18.6 Å². The third-order valence-corrected chi connectivity index (χ3v) is 6.96. The predicted octanol–water partition coefficient (Wildman–Crippen LogP) is 5.31. The number of halogens is 1. The molecule has 2 aromatic carbocycles. The van der Waals surface area contributed by atoms with Crippen LogP contribution < -0.4 is 9.64 Å². The third-order valence-electron chi connectivity index (χ3n) is 5.57. The Morgan fingerprint density at radius 1 is 1.19 bits per heavy atom. The van der Waals surface area contributed by atoms with Gasteiger partial charge in [-0.3, -0.25) is 14.5 Å². The summed E-state index contributed by atoms with van der Waals surface area (Å²) in [6.07, 6.45) is 0.800. The maximum absolute atomic E-state index is 13.3. The molecule has 1 N–H and O–H groups in total. The minimum atomic E-state index is -1.01. The Bertz CT molecular complexity index is 1370. The molecule has 1 saturated heterocycles. The maximum Gasteiger partial charge on any atom is 0.350 e. The number of esters is 1. The lowest BCUT2D eigenvalue weighted by atomic mass is 9.95. The van der Waals surface area contributed by atoms with Crippen molar-refractivity contribution >= 4 is 51.5 Å². The summed E-state index contributed by atoms with van der Waals surface area (Å²) in [5, 5.41) is 11.8. The van der Waals surface area contributed by atoms with Crippen LogP contribution in [-0.2, 0) is 14.3 Å². The largest absolute Gasteiger partial charge is 0.507 e. The van der Waals surface area contributed by atoms with E-state index < -0.39 is 23.7 Å². The van der Waals surface area contributed by atoms with E-state index in [1.54, 1.807) is 55.5 Å². The lowest BCUT2D eigenvalue weighted by Gasteiger charge is -2.23. The number of methoxy groups -OCH3 is 1. The van der Waals surface area contributed by atoms with Crippen LogP contribution in [-0.4, -0.2) is 41.5 Å². The van der Waals surface area contributed by atoms with E-state index in [-0.39, 0.29) is 21.3 Å². The highest BCUT2D eigenvalue weighted by molar-refractivity contribution is 7.17. The lowest BCUT2D eigenvalue weighted by molar-refractivity contribution is -0.132. The van der Waals surface area contributed by atoms with Crippen molar-refractivity contribution in [3.63, 3.8) is 0 Å². The molecule has 186 valence electrons. The van der Waals surface area contributed by atoms with Gasteiger partial charge in [0.25, 0.3) is 5.78 Å². The van der Waals surface area contributed by atoms with Gasteiger partial charge in [-0.1, -0.05) is 42.0 Å². The Balaban J connectivity index is 1.92. The van der Waals surface area contributed by atoms with Gasteiger partial charge in [-0.25, -0.2) is 9.78 Å². The van der Waals surface area contributed by atoms with Crippen LogP contribution in [0, 0.1) is 6.92 Å². The summed E-state index contributed by atoms with van der Waals surface area (Å²) < 4.78 is 10.6. The quantitative estimate of drug-likeness (QED) is 0.192. The van der Waals surface area contributed by atoms with Gasteiger partial charge in [-0.15, -0.1) is 0 Å². The number of rotatable bonds is 7. The minimum absolute atomic E-state index is 0.109. The number of ketones is 1. The molecule has 3 aromatic rings. The predicted molar refractivity (Wildman–Crippen MR) is 137 cm³/mol. The Labute approximate surface area is 216 Å². The highest BCUT2D eigenvalue weighted by atomic mass is 35.5. The summed E-state index contributed by atoms with van der Waals surface area (Å²) in [6, 6.07) is 12.2. The summed E-state index contributed by atoms with van der Waals surface area (Å²) >= 11 is 6.92. The number of amides is 1. The molecule has 1 aromatic heterocycles. The molecule has 1 amide bonds. The van der Waals surface area contributed by atoms with E-state index in [2.05, 4.69) is 4.98 Å². The van der Waals surface area contributed by atoms with Gasteiger partial charge in [-0.05, 0) is 55.3 Å². The molecule has 1 aliphatic rings. The van der Waals surface area contributed by atoms with Gasteiger partial charge >= 0.3 is 11.9 Å². The number of nitrogens with zero attached hydrogens (tertiary/aromatic N) is 2. The highest BCUT2D eigenvalue weighted by Gasteiger charge is 2.48. The van der Waals surface area contributed by atoms with E-state index in [1.165, 1.54) is 12.0 Å². The van der Waals surface area contributed by atoms with Gasteiger partial charge in [0.05, 0.1) is 31.0 Å². The molecule has 36 heavy (non-hydrogen) atoms. The molecular formula is C26H23ClN2O6S. The van der Waals surface area contributed by atoms with Crippen LogP contribution in [0.5, 0.6) is 5.75 Å². The molecule has 1 unspecified atom stereocenters. The first-order valence-electron chi connectivity index (χ1n) is 11.1. The number of benzene rings is 2. The number of thiazole rings is 1. The fourth-order valence-electron chi connectivity index (χ4n) is 3.87. The molecule has 1 aliphatic heterocycles. The number of aliphatic hydroxyl groups excluding tert-OH is 1. The minimum Gasteiger partial charge on any atom is -0.507 e. The summed E-state index contributed by atoms with van der Waals surface area (Å²) in [5.74, 6) is -2.14. The first kappa shape index (κ1) is 25.4. The fourth-order valence-corrected chi connectivity index (χ4v) is 5.01. The Kier molecular flexibility index (Phi) is 7.42. The summed E-state index contributed by atoms with van der Waals surface area (Å²) in [7, 11) is 1.25. The number of hydrogen-bond donors (Lipinski definition) is 1.